The highest BCUT2D eigenvalue weighted by molar-refractivity contribution is 5.94. The van der Waals surface area contributed by atoms with E-state index < -0.39 is 17.6 Å². The summed E-state index contributed by atoms with van der Waals surface area (Å²) >= 11 is 0. The van der Waals surface area contributed by atoms with Crippen molar-refractivity contribution in [3.05, 3.63) is 70.8 Å². The van der Waals surface area contributed by atoms with Gasteiger partial charge in [-0.1, -0.05) is 29.8 Å². The van der Waals surface area contributed by atoms with Gasteiger partial charge in [0.25, 0.3) is 5.91 Å². The first-order valence-electron chi connectivity index (χ1n) is 6.82. The van der Waals surface area contributed by atoms with E-state index in [0.717, 1.165) is 23.3 Å². The Kier molecular flexibility index (Phi) is 4.54. The number of hydrogen-bond acceptors (Lipinski definition) is 1. The summed E-state index contributed by atoms with van der Waals surface area (Å²) in [5.74, 6) is -0.401. The summed E-state index contributed by atoms with van der Waals surface area (Å²) < 4.78 is 37.5. The largest absolute Gasteiger partial charge is 0.416 e. The Morgan fingerprint density at radius 3 is 2.05 bits per heavy atom. The Morgan fingerprint density at radius 1 is 1.00 bits per heavy atom. The monoisotopic (exact) mass is 307 g/mol. The third-order valence-corrected chi connectivity index (χ3v) is 3.40. The molecule has 1 unspecified atom stereocenters. The highest BCUT2D eigenvalue weighted by Crippen LogP contribution is 2.29. The molecule has 1 N–H and O–H groups in total. The molecule has 0 saturated carbocycles. The normalized spacial score (nSPS) is 12.8. The van der Waals surface area contributed by atoms with Crippen molar-refractivity contribution < 1.29 is 18.0 Å². The summed E-state index contributed by atoms with van der Waals surface area (Å²) in [6.45, 7) is 3.79. The molecule has 0 radical (unpaired) electrons. The molecule has 0 aliphatic carbocycles. The molecule has 2 aromatic rings. The lowest BCUT2D eigenvalue weighted by atomic mass is 10.1. The number of aryl methyl sites for hydroxylation is 1. The molecule has 0 saturated heterocycles. The van der Waals surface area contributed by atoms with Crippen LogP contribution < -0.4 is 5.32 Å². The molecule has 0 aliphatic heterocycles. The molecular weight excluding hydrogens is 291 g/mol. The van der Waals surface area contributed by atoms with Gasteiger partial charge in [-0.2, -0.15) is 13.2 Å². The maximum absolute atomic E-state index is 12.5. The minimum absolute atomic E-state index is 0.201. The lowest BCUT2D eigenvalue weighted by molar-refractivity contribution is -0.137. The molecule has 0 heterocycles. The van der Waals surface area contributed by atoms with E-state index in [4.69, 9.17) is 0 Å². The van der Waals surface area contributed by atoms with Gasteiger partial charge in [0.15, 0.2) is 0 Å². The number of carbonyl (C=O) groups is 1. The van der Waals surface area contributed by atoms with Crippen LogP contribution in [-0.2, 0) is 6.18 Å². The number of rotatable bonds is 3. The topological polar surface area (TPSA) is 29.1 Å². The van der Waals surface area contributed by atoms with Crippen LogP contribution in [0.15, 0.2) is 48.5 Å². The van der Waals surface area contributed by atoms with E-state index in [2.05, 4.69) is 5.32 Å². The smallest absolute Gasteiger partial charge is 0.346 e. The van der Waals surface area contributed by atoms with Gasteiger partial charge in [0.1, 0.15) is 0 Å². The maximum atomic E-state index is 12.5. The second-order valence-corrected chi connectivity index (χ2v) is 5.18. The molecule has 0 fully saturated rings. The van der Waals surface area contributed by atoms with Crippen LogP contribution in [0.25, 0.3) is 0 Å². The first kappa shape index (κ1) is 16.1. The van der Waals surface area contributed by atoms with Crippen LogP contribution >= 0.6 is 0 Å². The van der Waals surface area contributed by atoms with E-state index in [0.29, 0.717) is 0 Å². The zero-order valence-corrected chi connectivity index (χ0v) is 12.2. The van der Waals surface area contributed by atoms with Gasteiger partial charge < -0.3 is 5.32 Å². The first-order valence-corrected chi connectivity index (χ1v) is 6.82. The number of halogens is 3. The van der Waals surface area contributed by atoms with Crippen LogP contribution in [0, 0.1) is 6.92 Å². The predicted octanol–water partition coefficient (Wildman–Crippen LogP) is 4.50. The van der Waals surface area contributed by atoms with Crippen LogP contribution in [0.1, 0.15) is 40.0 Å². The van der Waals surface area contributed by atoms with Gasteiger partial charge in [0, 0.05) is 5.56 Å². The van der Waals surface area contributed by atoms with Gasteiger partial charge >= 0.3 is 6.18 Å². The number of hydrogen-bond donors (Lipinski definition) is 1. The summed E-state index contributed by atoms with van der Waals surface area (Å²) in [6.07, 6.45) is -4.40. The minimum atomic E-state index is -4.40. The zero-order chi connectivity index (χ0) is 16.3. The number of amides is 1. The van der Waals surface area contributed by atoms with Crippen LogP contribution in [0.5, 0.6) is 0 Å². The molecule has 2 rings (SSSR count). The van der Waals surface area contributed by atoms with E-state index in [1.807, 2.05) is 38.1 Å². The average Bonchev–Trinajstić information content (AvgIpc) is 2.47. The Hall–Kier alpha value is -2.30. The third-order valence-electron chi connectivity index (χ3n) is 3.40. The Bertz CT molecular complexity index is 645. The number of nitrogens with one attached hydrogen (secondary N) is 1. The summed E-state index contributed by atoms with van der Waals surface area (Å²) in [5, 5.41) is 2.77. The first-order chi connectivity index (χ1) is 10.3. The van der Waals surface area contributed by atoms with Crippen molar-refractivity contribution in [1.82, 2.24) is 5.32 Å². The summed E-state index contributed by atoms with van der Waals surface area (Å²) in [4.78, 5) is 12.1. The SMILES string of the molecule is Cc1ccc(C(C)NC(=O)c2ccc(C(F)(F)F)cc2)cc1. The summed E-state index contributed by atoms with van der Waals surface area (Å²) in [6, 6.07) is 11.7. The molecule has 1 atom stereocenters. The maximum Gasteiger partial charge on any atom is 0.416 e. The second-order valence-electron chi connectivity index (χ2n) is 5.18. The van der Waals surface area contributed by atoms with Crippen molar-refractivity contribution in [2.75, 3.05) is 0 Å². The highest BCUT2D eigenvalue weighted by atomic mass is 19.4. The van der Waals surface area contributed by atoms with Gasteiger partial charge in [-0.05, 0) is 43.7 Å². The molecule has 116 valence electrons. The van der Waals surface area contributed by atoms with Gasteiger partial charge in [-0.3, -0.25) is 4.79 Å². The molecule has 5 heteroatoms. The van der Waals surface area contributed by atoms with Crippen molar-refractivity contribution in [1.29, 1.82) is 0 Å². The summed E-state index contributed by atoms with van der Waals surface area (Å²) in [7, 11) is 0. The average molecular weight is 307 g/mol. The van der Waals surface area contributed by atoms with Crippen molar-refractivity contribution in [2.45, 2.75) is 26.1 Å². The Labute approximate surface area is 127 Å². The quantitative estimate of drug-likeness (QED) is 0.888. The van der Waals surface area contributed by atoms with Gasteiger partial charge in [-0.15, -0.1) is 0 Å². The fourth-order valence-electron chi connectivity index (χ4n) is 2.03. The van der Waals surface area contributed by atoms with E-state index in [9.17, 15) is 18.0 Å². The molecule has 0 aromatic heterocycles. The van der Waals surface area contributed by atoms with Crippen molar-refractivity contribution in [2.24, 2.45) is 0 Å². The molecule has 22 heavy (non-hydrogen) atoms. The minimum Gasteiger partial charge on any atom is -0.346 e. The van der Waals surface area contributed by atoms with E-state index in [1.54, 1.807) is 0 Å². The number of benzene rings is 2. The fourth-order valence-corrected chi connectivity index (χ4v) is 2.03. The van der Waals surface area contributed by atoms with Gasteiger partial charge in [-0.25, -0.2) is 0 Å². The number of carbonyl (C=O) groups excluding carboxylic acids is 1. The molecule has 2 nitrogen and oxygen atoms in total. The van der Waals surface area contributed by atoms with Crippen LogP contribution in [-0.4, -0.2) is 5.91 Å². The van der Waals surface area contributed by atoms with Crippen molar-refractivity contribution in [3.63, 3.8) is 0 Å². The lowest BCUT2D eigenvalue weighted by Crippen LogP contribution is -2.26. The fraction of sp³-hybridized carbons (Fsp3) is 0.235. The highest BCUT2D eigenvalue weighted by Gasteiger charge is 2.30. The lowest BCUT2D eigenvalue weighted by Gasteiger charge is -2.15. The Balaban J connectivity index is 2.07. The third kappa shape index (κ3) is 3.87. The van der Waals surface area contributed by atoms with Gasteiger partial charge in [0.2, 0.25) is 0 Å². The zero-order valence-electron chi connectivity index (χ0n) is 12.2. The molecular formula is C17H16F3NO. The van der Waals surface area contributed by atoms with Crippen LogP contribution in [0.4, 0.5) is 13.2 Å². The van der Waals surface area contributed by atoms with E-state index >= 15 is 0 Å². The summed E-state index contributed by atoms with van der Waals surface area (Å²) in [5.41, 5.74) is 1.48. The Morgan fingerprint density at radius 2 is 1.55 bits per heavy atom. The van der Waals surface area contributed by atoms with E-state index in [1.165, 1.54) is 12.1 Å². The van der Waals surface area contributed by atoms with Gasteiger partial charge in [0.05, 0.1) is 11.6 Å². The van der Waals surface area contributed by atoms with Crippen molar-refractivity contribution >= 4 is 5.91 Å². The molecule has 0 spiro atoms. The van der Waals surface area contributed by atoms with Crippen molar-refractivity contribution in [3.8, 4) is 0 Å². The molecule has 0 aliphatic rings. The standard InChI is InChI=1S/C17H16F3NO/c1-11-3-5-13(6-4-11)12(2)21-16(22)14-7-9-15(10-8-14)17(18,19)20/h3-10,12H,1-2H3,(H,21,22). The predicted molar refractivity (Wildman–Crippen MR) is 78.5 cm³/mol. The van der Waals surface area contributed by atoms with E-state index in [-0.39, 0.29) is 11.6 Å². The van der Waals surface area contributed by atoms with Crippen LogP contribution in [0.2, 0.25) is 0 Å². The second kappa shape index (κ2) is 6.22. The molecule has 1 amide bonds. The van der Waals surface area contributed by atoms with Crippen LogP contribution in [0.3, 0.4) is 0 Å². The molecule has 0 bridgehead atoms. The molecule has 2 aromatic carbocycles. The number of alkyl halides is 3.